The van der Waals surface area contributed by atoms with Crippen molar-refractivity contribution in [3.63, 3.8) is 0 Å². The van der Waals surface area contributed by atoms with E-state index in [9.17, 15) is 19.5 Å². The van der Waals surface area contributed by atoms with Crippen LogP contribution >= 0.6 is 22.6 Å². The van der Waals surface area contributed by atoms with E-state index in [1.807, 2.05) is 24.3 Å². The van der Waals surface area contributed by atoms with Crippen molar-refractivity contribution in [1.82, 2.24) is 10.4 Å². The summed E-state index contributed by atoms with van der Waals surface area (Å²) in [6.07, 6.45) is -2.21. The third kappa shape index (κ3) is 5.18. The van der Waals surface area contributed by atoms with E-state index in [-0.39, 0.29) is 39.2 Å². The van der Waals surface area contributed by atoms with Crippen LogP contribution in [0.4, 0.5) is 0 Å². The second kappa shape index (κ2) is 10.6. The van der Waals surface area contributed by atoms with E-state index in [1.54, 1.807) is 20.8 Å². The lowest BCUT2D eigenvalue weighted by Gasteiger charge is -2.49. The van der Waals surface area contributed by atoms with Crippen molar-refractivity contribution in [2.24, 2.45) is 5.41 Å². The highest BCUT2D eigenvalue weighted by atomic mass is 127. The van der Waals surface area contributed by atoms with Gasteiger partial charge in [0.25, 0.3) is 0 Å². The second-order valence-electron chi connectivity index (χ2n) is 11.2. The third-order valence-electron chi connectivity index (χ3n) is 7.42. The number of rotatable bonds is 8. The van der Waals surface area contributed by atoms with Gasteiger partial charge >= 0.3 is 11.9 Å². The number of hydrogen-bond acceptors (Lipinski definition) is 10. The summed E-state index contributed by atoms with van der Waals surface area (Å²) in [5, 5.41) is 14.4. The quantitative estimate of drug-likeness (QED) is 0.317. The number of carbonyl (C=O) groups excluding carboxylic acids is 3. The molecule has 0 spiro atoms. The fourth-order valence-corrected chi connectivity index (χ4v) is 6.18. The first-order chi connectivity index (χ1) is 18.0. The Morgan fingerprint density at radius 3 is 2.63 bits per heavy atom. The van der Waals surface area contributed by atoms with Gasteiger partial charge in [-0.2, -0.15) is 5.06 Å². The van der Waals surface area contributed by atoms with Gasteiger partial charge in [-0.1, -0.05) is 12.1 Å². The standard InChI is InChI=1S/C26H33IN2O9/c1-25(2,3)37-18(31)9-8-16(12-30)28-24(33)26-10-17-19-20(35-13-34-19)22(26)38-29(21(26)23(32)36-17)11-14-4-6-15(27)7-5-14/h4-7,16-17,19-22,30H,8-13H2,1-3H3,(H,28,33). The normalized spacial score (nSPS) is 32.9. The van der Waals surface area contributed by atoms with Crippen LogP contribution in [0.25, 0.3) is 0 Å². The van der Waals surface area contributed by atoms with Crippen LogP contribution in [0, 0.1) is 8.99 Å². The number of amides is 1. The molecule has 4 fully saturated rings. The zero-order chi connectivity index (χ0) is 27.2. The van der Waals surface area contributed by atoms with Gasteiger partial charge in [0.1, 0.15) is 42.2 Å². The molecule has 2 N–H and O–H groups in total. The van der Waals surface area contributed by atoms with Crippen LogP contribution in [0.1, 0.15) is 45.6 Å². The fraction of sp³-hybridized carbons (Fsp3) is 0.654. The van der Waals surface area contributed by atoms with Crippen molar-refractivity contribution >= 4 is 40.4 Å². The average Bonchev–Trinajstić information content (AvgIpc) is 3.46. The minimum absolute atomic E-state index is 0.0118. The molecule has 1 aliphatic carbocycles. The number of ether oxygens (including phenoxy) is 4. The van der Waals surface area contributed by atoms with Gasteiger partial charge < -0.3 is 29.4 Å². The Labute approximate surface area is 234 Å². The number of benzene rings is 1. The van der Waals surface area contributed by atoms with Gasteiger partial charge in [-0.25, -0.2) is 0 Å². The number of carbonyl (C=O) groups is 3. The van der Waals surface area contributed by atoms with E-state index in [2.05, 4.69) is 27.9 Å². The molecule has 0 radical (unpaired) electrons. The van der Waals surface area contributed by atoms with Gasteiger partial charge in [0.15, 0.2) is 6.04 Å². The van der Waals surface area contributed by atoms with Gasteiger partial charge in [-0.05, 0) is 67.5 Å². The van der Waals surface area contributed by atoms with Crippen molar-refractivity contribution in [1.29, 1.82) is 0 Å². The van der Waals surface area contributed by atoms with Crippen LogP contribution in [-0.2, 0) is 44.7 Å². The van der Waals surface area contributed by atoms with Gasteiger partial charge in [0, 0.05) is 16.4 Å². The molecule has 3 heterocycles. The number of halogens is 1. The van der Waals surface area contributed by atoms with Crippen molar-refractivity contribution in [2.45, 2.75) is 88.7 Å². The first-order valence-electron chi connectivity index (χ1n) is 12.8. The molecule has 11 nitrogen and oxygen atoms in total. The zero-order valence-electron chi connectivity index (χ0n) is 21.6. The maximum Gasteiger partial charge on any atom is 0.327 e. The SMILES string of the molecule is CC(C)(C)OC(=O)CCC(CO)NC(=O)C12CC3OC(=O)C1N(Cc1ccc(I)cc1)OC2C1OCOC31. The molecule has 1 aromatic carbocycles. The molecule has 3 aliphatic heterocycles. The predicted octanol–water partition coefficient (Wildman–Crippen LogP) is 1.43. The molecule has 3 saturated heterocycles. The number of hydrogen-bond donors (Lipinski definition) is 2. The third-order valence-corrected chi connectivity index (χ3v) is 8.14. The summed E-state index contributed by atoms with van der Waals surface area (Å²) in [4.78, 5) is 46.0. The summed E-state index contributed by atoms with van der Waals surface area (Å²) in [6, 6.07) is 6.05. The number of nitrogens with one attached hydrogen (secondary N) is 1. The fourth-order valence-electron chi connectivity index (χ4n) is 5.82. The Morgan fingerprint density at radius 2 is 1.95 bits per heavy atom. The van der Waals surface area contributed by atoms with Crippen LogP contribution in [-0.4, -0.2) is 83.5 Å². The number of aliphatic hydroxyl groups excluding tert-OH is 1. The highest BCUT2D eigenvalue weighted by Crippen LogP contribution is 2.55. The number of hydroxylamine groups is 2. The Bertz CT molecular complexity index is 1080. The average molecular weight is 644 g/mol. The van der Waals surface area contributed by atoms with Crippen molar-refractivity contribution < 1.29 is 43.3 Å². The maximum atomic E-state index is 14.1. The molecule has 4 aliphatic rings. The lowest BCUT2D eigenvalue weighted by molar-refractivity contribution is -0.201. The second-order valence-corrected chi connectivity index (χ2v) is 12.5. The number of fused-ring (bicyclic) bond motifs is 4. The molecule has 38 heavy (non-hydrogen) atoms. The molecule has 7 unspecified atom stereocenters. The van der Waals surface area contributed by atoms with Gasteiger partial charge in [0.2, 0.25) is 5.91 Å². The molecule has 1 saturated carbocycles. The topological polar surface area (TPSA) is 133 Å². The van der Waals surface area contributed by atoms with Crippen LogP contribution in [0.3, 0.4) is 0 Å². The molecular weight excluding hydrogens is 611 g/mol. The summed E-state index contributed by atoms with van der Waals surface area (Å²) >= 11 is 2.22. The summed E-state index contributed by atoms with van der Waals surface area (Å²) in [6.45, 7) is 5.21. The van der Waals surface area contributed by atoms with Gasteiger partial charge in [-0.3, -0.25) is 19.2 Å². The molecular formula is C26H33IN2O9. The highest BCUT2D eigenvalue weighted by Gasteiger charge is 2.74. The van der Waals surface area contributed by atoms with E-state index in [1.165, 1.54) is 5.06 Å². The van der Waals surface area contributed by atoms with Crippen molar-refractivity contribution in [2.75, 3.05) is 13.4 Å². The van der Waals surface area contributed by atoms with Crippen molar-refractivity contribution in [3.05, 3.63) is 33.4 Å². The highest BCUT2D eigenvalue weighted by molar-refractivity contribution is 14.1. The number of aliphatic hydroxyl groups is 1. The summed E-state index contributed by atoms with van der Waals surface area (Å²) < 4.78 is 23.7. The molecule has 1 amide bonds. The Balaban J connectivity index is 1.39. The smallest absolute Gasteiger partial charge is 0.327 e. The summed E-state index contributed by atoms with van der Waals surface area (Å²) in [7, 11) is 0. The summed E-state index contributed by atoms with van der Waals surface area (Å²) in [5.74, 6) is -1.43. The first kappa shape index (κ1) is 27.7. The molecule has 5 rings (SSSR count). The monoisotopic (exact) mass is 644 g/mol. The first-order valence-corrected chi connectivity index (χ1v) is 13.8. The lowest BCUT2D eigenvalue weighted by atomic mass is 9.62. The lowest BCUT2D eigenvalue weighted by Crippen LogP contribution is -2.70. The molecule has 12 heteroatoms. The Kier molecular flexibility index (Phi) is 7.74. The van der Waals surface area contributed by atoms with Gasteiger partial charge in [-0.15, -0.1) is 0 Å². The predicted molar refractivity (Wildman–Crippen MR) is 139 cm³/mol. The Hall–Kier alpha value is -1.84. The minimum Gasteiger partial charge on any atom is -0.460 e. The largest absolute Gasteiger partial charge is 0.460 e. The maximum absolute atomic E-state index is 14.1. The van der Waals surface area contributed by atoms with E-state index < -0.39 is 65.4 Å². The van der Waals surface area contributed by atoms with Crippen LogP contribution < -0.4 is 5.32 Å². The van der Waals surface area contributed by atoms with Crippen LogP contribution in [0.5, 0.6) is 0 Å². The minimum atomic E-state index is -1.32. The molecule has 2 bridgehead atoms. The number of esters is 2. The van der Waals surface area contributed by atoms with E-state index >= 15 is 0 Å². The molecule has 208 valence electrons. The van der Waals surface area contributed by atoms with E-state index in [4.69, 9.17) is 23.8 Å². The van der Waals surface area contributed by atoms with Crippen LogP contribution in [0.2, 0.25) is 0 Å². The molecule has 1 aromatic rings. The molecule has 0 aromatic heterocycles. The Morgan fingerprint density at radius 1 is 1.24 bits per heavy atom. The molecule has 7 atom stereocenters. The van der Waals surface area contributed by atoms with Crippen LogP contribution in [0.15, 0.2) is 24.3 Å². The van der Waals surface area contributed by atoms with E-state index in [0.717, 1.165) is 9.13 Å². The van der Waals surface area contributed by atoms with Gasteiger partial charge in [0.05, 0.1) is 19.2 Å². The number of nitrogens with zero attached hydrogens (tertiary/aromatic N) is 1. The van der Waals surface area contributed by atoms with E-state index in [0.29, 0.717) is 0 Å². The zero-order valence-corrected chi connectivity index (χ0v) is 23.7. The van der Waals surface area contributed by atoms with Crippen molar-refractivity contribution in [3.8, 4) is 0 Å². The summed E-state index contributed by atoms with van der Waals surface area (Å²) in [5.41, 5.74) is -1.05.